The van der Waals surface area contributed by atoms with Crippen molar-refractivity contribution in [1.29, 1.82) is 0 Å². The maximum absolute atomic E-state index is 11.7. The Hall–Kier alpha value is -1.10. The van der Waals surface area contributed by atoms with Gasteiger partial charge in [0.15, 0.2) is 0 Å². The normalized spacial score (nSPS) is 33.1. The summed E-state index contributed by atoms with van der Waals surface area (Å²) in [6.07, 6.45) is 5.82. The van der Waals surface area contributed by atoms with E-state index in [1.165, 1.54) is 25.7 Å². The molecule has 0 bridgehead atoms. The summed E-state index contributed by atoms with van der Waals surface area (Å²) in [5.74, 6) is 0.0510. The first-order valence-corrected chi connectivity index (χ1v) is 5.99. The Kier molecular flexibility index (Phi) is 3.43. The molecule has 0 spiro atoms. The molecule has 2 rings (SSSR count). The van der Waals surface area contributed by atoms with Crippen molar-refractivity contribution in [1.82, 2.24) is 10.6 Å². The predicted molar refractivity (Wildman–Crippen MR) is 59.5 cm³/mol. The Balaban J connectivity index is 1.82. The van der Waals surface area contributed by atoms with Gasteiger partial charge in [0.2, 0.25) is 11.8 Å². The van der Waals surface area contributed by atoms with Crippen molar-refractivity contribution in [2.45, 2.75) is 44.2 Å². The van der Waals surface area contributed by atoms with Crippen molar-refractivity contribution < 1.29 is 9.59 Å². The minimum absolute atomic E-state index is 0.0631. The molecule has 1 aliphatic carbocycles. The fraction of sp³-hybridized carbons (Fsp3) is 0.818. The fourth-order valence-corrected chi connectivity index (χ4v) is 2.82. The van der Waals surface area contributed by atoms with Crippen LogP contribution in [-0.2, 0) is 9.59 Å². The Morgan fingerprint density at radius 1 is 1.31 bits per heavy atom. The lowest BCUT2D eigenvalue weighted by atomic mass is 9.85. The van der Waals surface area contributed by atoms with Gasteiger partial charge in [-0.15, -0.1) is 0 Å². The van der Waals surface area contributed by atoms with E-state index in [2.05, 4.69) is 10.6 Å². The average Bonchev–Trinajstić information content (AvgIpc) is 2.69. The van der Waals surface area contributed by atoms with Gasteiger partial charge in [0.25, 0.3) is 0 Å². The zero-order chi connectivity index (χ0) is 11.5. The molecule has 90 valence electrons. The van der Waals surface area contributed by atoms with E-state index >= 15 is 0 Å². The van der Waals surface area contributed by atoms with Gasteiger partial charge < -0.3 is 16.4 Å². The second kappa shape index (κ2) is 4.82. The van der Waals surface area contributed by atoms with E-state index in [0.29, 0.717) is 12.0 Å². The number of primary amides is 1. The molecule has 3 unspecified atom stereocenters. The Labute approximate surface area is 95.1 Å². The molecule has 1 saturated heterocycles. The van der Waals surface area contributed by atoms with Crippen LogP contribution in [0.5, 0.6) is 0 Å². The highest BCUT2D eigenvalue weighted by Crippen LogP contribution is 2.33. The van der Waals surface area contributed by atoms with Gasteiger partial charge in [-0.2, -0.15) is 0 Å². The maximum Gasteiger partial charge on any atom is 0.237 e. The van der Waals surface area contributed by atoms with Gasteiger partial charge in [-0.25, -0.2) is 0 Å². The molecule has 3 atom stereocenters. The van der Waals surface area contributed by atoms with Crippen LogP contribution in [0.15, 0.2) is 0 Å². The number of carbonyl (C=O) groups excluding carboxylic acids is 2. The molecule has 0 radical (unpaired) electrons. The Morgan fingerprint density at radius 3 is 2.75 bits per heavy atom. The highest BCUT2D eigenvalue weighted by Gasteiger charge is 2.37. The summed E-state index contributed by atoms with van der Waals surface area (Å²) in [5.41, 5.74) is 4.98. The highest BCUT2D eigenvalue weighted by molar-refractivity contribution is 5.87. The summed E-state index contributed by atoms with van der Waals surface area (Å²) in [5, 5.41) is 5.91. The van der Waals surface area contributed by atoms with E-state index in [4.69, 9.17) is 5.73 Å². The van der Waals surface area contributed by atoms with Crippen LogP contribution in [0, 0.1) is 5.92 Å². The minimum atomic E-state index is -0.497. The quantitative estimate of drug-likeness (QED) is 0.606. The largest absolute Gasteiger partial charge is 0.368 e. The number of fused-ring (bicyclic) bond motifs is 1. The summed E-state index contributed by atoms with van der Waals surface area (Å²) in [6.45, 7) is -0.0631. The number of hydrogen-bond acceptors (Lipinski definition) is 3. The van der Waals surface area contributed by atoms with Gasteiger partial charge in [-0.1, -0.05) is 12.8 Å². The molecular formula is C11H19N3O2. The zero-order valence-electron chi connectivity index (χ0n) is 9.37. The minimum Gasteiger partial charge on any atom is -0.368 e. The molecule has 16 heavy (non-hydrogen) atoms. The third-order valence-corrected chi connectivity index (χ3v) is 3.62. The summed E-state index contributed by atoms with van der Waals surface area (Å²) >= 11 is 0. The topological polar surface area (TPSA) is 84.2 Å². The Bertz CT molecular complexity index is 279. The van der Waals surface area contributed by atoms with Crippen molar-refractivity contribution in [3.05, 3.63) is 0 Å². The lowest BCUT2D eigenvalue weighted by Gasteiger charge is -2.24. The monoisotopic (exact) mass is 225 g/mol. The molecule has 1 heterocycles. The first-order chi connectivity index (χ1) is 7.66. The lowest BCUT2D eigenvalue weighted by Crippen LogP contribution is -2.45. The van der Waals surface area contributed by atoms with Crippen LogP contribution in [0.2, 0.25) is 0 Å². The van der Waals surface area contributed by atoms with Crippen molar-refractivity contribution >= 4 is 11.8 Å². The van der Waals surface area contributed by atoms with Crippen LogP contribution in [0.25, 0.3) is 0 Å². The molecule has 5 nitrogen and oxygen atoms in total. The molecular weight excluding hydrogens is 206 g/mol. The SMILES string of the molecule is NC(=O)CNC(=O)C1CC2CCCCC2N1. The molecule has 1 aliphatic heterocycles. The van der Waals surface area contributed by atoms with Crippen LogP contribution < -0.4 is 16.4 Å². The van der Waals surface area contributed by atoms with E-state index in [9.17, 15) is 9.59 Å². The lowest BCUT2D eigenvalue weighted by molar-refractivity contribution is -0.126. The van der Waals surface area contributed by atoms with Gasteiger partial charge in [-0.3, -0.25) is 9.59 Å². The van der Waals surface area contributed by atoms with E-state index in [-0.39, 0.29) is 18.5 Å². The van der Waals surface area contributed by atoms with E-state index in [1.807, 2.05) is 0 Å². The number of nitrogens with two attached hydrogens (primary N) is 1. The van der Waals surface area contributed by atoms with Gasteiger partial charge in [0.1, 0.15) is 0 Å². The molecule has 0 aromatic rings. The first kappa shape index (κ1) is 11.4. The third-order valence-electron chi connectivity index (χ3n) is 3.62. The van der Waals surface area contributed by atoms with Crippen LogP contribution in [0.4, 0.5) is 0 Å². The molecule has 1 saturated carbocycles. The van der Waals surface area contributed by atoms with Crippen molar-refractivity contribution in [3.63, 3.8) is 0 Å². The third kappa shape index (κ3) is 2.52. The van der Waals surface area contributed by atoms with Gasteiger partial charge >= 0.3 is 0 Å². The number of hydrogen-bond donors (Lipinski definition) is 3. The fourth-order valence-electron chi connectivity index (χ4n) is 2.82. The smallest absolute Gasteiger partial charge is 0.237 e. The molecule has 4 N–H and O–H groups in total. The number of amides is 2. The number of nitrogens with one attached hydrogen (secondary N) is 2. The molecule has 2 amide bonds. The summed E-state index contributed by atoms with van der Waals surface area (Å²) in [7, 11) is 0. The Morgan fingerprint density at radius 2 is 2.06 bits per heavy atom. The summed E-state index contributed by atoms with van der Waals surface area (Å²) in [6, 6.07) is 0.366. The molecule has 5 heteroatoms. The van der Waals surface area contributed by atoms with E-state index in [1.54, 1.807) is 0 Å². The predicted octanol–water partition coefficient (Wildman–Crippen LogP) is -0.491. The number of rotatable bonds is 3. The maximum atomic E-state index is 11.7. The van der Waals surface area contributed by atoms with Crippen molar-refractivity contribution in [2.75, 3.05) is 6.54 Å². The first-order valence-electron chi connectivity index (χ1n) is 5.99. The standard InChI is InChI=1S/C11H19N3O2/c12-10(15)6-13-11(16)9-5-7-3-1-2-4-8(7)14-9/h7-9,14H,1-6H2,(H2,12,15)(H,13,16). The van der Waals surface area contributed by atoms with Crippen molar-refractivity contribution in [3.8, 4) is 0 Å². The van der Waals surface area contributed by atoms with Crippen LogP contribution in [0.1, 0.15) is 32.1 Å². The van der Waals surface area contributed by atoms with Gasteiger partial charge in [0, 0.05) is 6.04 Å². The van der Waals surface area contributed by atoms with E-state index in [0.717, 1.165) is 6.42 Å². The molecule has 0 aromatic carbocycles. The van der Waals surface area contributed by atoms with Crippen LogP contribution >= 0.6 is 0 Å². The van der Waals surface area contributed by atoms with Crippen LogP contribution in [-0.4, -0.2) is 30.4 Å². The summed E-state index contributed by atoms with van der Waals surface area (Å²) < 4.78 is 0. The molecule has 2 aliphatic rings. The van der Waals surface area contributed by atoms with Gasteiger partial charge in [-0.05, 0) is 25.2 Å². The van der Waals surface area contributed by atoms with E-state index < -0.39 is 5.91 Å². The van der Waals surface area contributed by atoms with Gasteiger partial charge in [0.05, 0.1) is 12.6 Å². The highest BCUT2D eigenvalue weighted by atomic mass is 16.2. The molecule has 2 fully saturated rings. The molecule has 0 aromatic heterocycles. The zero-order valence-corrected chi connectivity index (χ0v) is 9.37. The van der Waals surface area contributed by atoms with Crippen molar-refractivity contribution in [2.24, 2.45) is 11.7 Å². The van der Waals surface area contributed by atoms with Crippen LogP contribution in [0.3, 0.4) is 0 Å². The number of carbonyl (C=O) groups is 2. The average molecular weight is 225 g/mol. The summed E-state index contributed by atoms with van der Waals surface area (Å²) in [4.78, 5) is 22.3. The second-order valence-corrected chi connectivity index (χ2v) is 4.79. The second-order valence-electron chi connectivity index (χ2n) is 4.79.